The maximum absolute atomic E-state index is 12.3. The SMILES string of the molecule is NCC#Cc1cc(Cl)c(S(=O)(=O)NC2CCC2)c(Cl)c1. The number of rotatable bonds is 3. The summed E-state index contributed by atoms with van der Waals surface area (Å²) in [4.78, 5) is -0.0916. The number of nitrogens with two attached hydrogens (primary N) is 1. The number of nitrogens with one attached hydrogen (secondary N) is 1. The van der Waals surface area contributed by atoms with Gasteiger partial charge in [-0.15, -0.1) is 0 Å². The Morgan fingerprint density at radius 1 is 1.30 bits per heavy atom. The van der Waals surface area contributed by atoms with Crippen LogP contribution in [0.25, 0.3) is 0 Å². The highest BCUT2D eigenvalue weighted by Crippen LogP contribution is 2.32. The van der Waals surface area contributed by atoms with Gasteiger partial charge in [-0.05, 0) is 25.0 Å². The van der Waals surface area contributed by atoms with Crippen molar-refractivity contribution >= 4 is 33.2 Å². The van der Waals surface area contributed by atoms with Crippen LogP contribution in [0.1, 0.15) is 24.8 Å². The molecule has 0 atom stereocenters. The molecule has 1 aliphatic rings. The molecular weight excluding hydrogens is 319 g/mol. The molecule has 0 radical (unpaired) electrons. The maximum Gasteiger partial charge on any atom is 0.243 e. The topological polar surface area (TPSA) is 72.2 Å². The number of hydrogen-bond donors (Lipinski definition) is 2. The summed E-state index contributed by atoms with van der Waals surface area (Å²) in [5, 5.41) is 0.122. The molecule has 0 amide bonds. The molecule has 0 spiro atoms. The van der Waals surface area contributed by atoms with Crippen LogP contribution in [-0.2, 0) is 10.0 Å². The summed E-state index contributed by atoms with van der Waals surface area (Å²) in [6.07, 6.45) is 2.71. The van der Waals surface area contributed by atoms with Crippen molar-refractivity contribution < 1.29 is 8.42 Å². The third kappa shape index (κ3) is 3.46. The smallest absolute Gasteiger partial charge is 0.243 e. The van der Waals surface area contributed by atoms with Crippen molar-refractivity contribution in [1.82, 2.24) is 4.72 Å². The average molecular weight is 333 g/mol. The fourth-order valence-electron chi connectivity index (χ4n) is 1.85. The fraction of sp³-hybridized carbons (Fsp3) is 0.385. The van der Waals surface area contributed by atoms with Gasteiger partial charge in [0.2, 0.25) is 10.0 Å². The Morgan fingerprint density at radius 2 is 1.90 bits per heavy atom. The lowest BCUT2D eigenvalue weighted by Crippen LogP contribution is -2.39. The van der Waals surface area contributed by atoms with E-state index in [1.807, 2.05) is 0 Å². The molecule has 7 heteroatoms. The minimum absolute atomic E-state index is 0.0242. The van der Waals surface area contributed by atoms with Crippen LogP contribution < -0.4 is 10.5 Å². The first-order chi connectivity index (χ1) is 9.44. The molecule has 108 valence electrons. The zero-order chi connectivity index (χ0) is 14.8. The third-order valence-electron chi connectivity index (χ3n) is 3.03. The molecule has 0 heterocycles. The Morgan fingerprint density at radius 3 is 2.35 bits per heavy atom. The second kappa shape index (κ2) is 6.33. The molecule has 0 saturated heterocycles. The highest BCUT2D eigenvalue weighted by Gasteiger charge is 2.28. The van der Waals surface area contributed by atoms with E-state index < -0.39 is 10.0 Å². The van der Waals surface area contributed by atoms with Gasteiger partial charge in [0.15, 0.2) is 0 Å². The Labute approximate surface area is 128 Å². The summed E-state index contributed by atoms with van der Waals surface area (Å²) in [6, 6.07) is 2.93. The van der Waals surface area contributed by atoms with Gasteiger partial charge in [0.1, 0.15) is 4.90 Å². The summed E-state index contributed by atoms with van der Waals surface area (Å²) < 4.78 is 27.1. The summed E-state index contributed by atoms with van der Waals surface area (Å²) >= 11 is 12.1. The molecule has 2 rings (SSSR count). The first-order valence-corrected chi connectivity index (χ1v) is 8.38. The zero-order valence-electron chi connectivity index (χ0n) is 10.6. The minimum atomic E-state index is -3.71. The standard InChI is InChI=1S/C13H14Cl2N2O2S/c14-11-7-9(3-2-6-16)8-12(15)13(11)20(18,19)17-10-4-1-5-10/h7-8,10,17H,1,4-6,16H2. The second-order valence-corrected chi connectivity index (χ2v) is 6.99. The van der Waals surface area contributed by atoms with Crippen molar-refractivity contribution in [1.29, 1.82) is 0 Å². The first kappa shape index (κ1) is 15.6. The fourth-order valence-corrected chi connectivity index (χ4v) is 4.37. The van der Waals surface area contributed by atoms with Crippen LogP contribution in [0.15, 0.2) is 17.0 Å². The lowest BCUT2D eigenvalue weighted by molar-refractivity contribution is 0.383. The summed E-state index contributed by atoms with van der Waals surface area (Å²) in [5.41, 5.74) is 5.82. The molecule has 1 aromatic carbocycles. The first-order valence-electron chi connectivity index (χ1n) is 6.14. The van der Waals surface area contributed by atoms with Gasteiger partial charge in [-0.25, -0.2) is 13.1 Å². The van der Waals surface area contributed by atoms with E-state index in [1.54, 1.807) is 0 Å². The lowest BCUT2D eigenvalue weighted by Gasteiger charge is -2.26. The Bertz CT molecular complexity index is 650. The maximum atomic E-state index is 12.3. The van der Waals surface area contributed by atoms with E-state index in [1.165, 1.54) is 12.1 Å². The largest absolute Gasteiger partial charge is 0.320 e. The van der Waals surface area contributed by atoms with Crippen LogP contribution in [0.2, 0.25) is 10.0 Å². The van der Waals surface area contributed by atoms with Gasteiger partial charge < -0.3 is 5.73 Å². The van der Waals surface area contributed by atoms with Crippen LogP contribution in [0, 0.1) is 11.8 Å². The second-order valence-electron chi connectivity index (χ2n) is 4.52. The molecule has 0 aliphatic heterocycles. The van der Waals surface area contributed by atoms with Crippen molar-refractivity contribution in [3.05, 3.63) is 27.7 Å². The zero-order valence-corrected chi connectivity index (χ0v) is 12.9. The van der Waals surface area contributed by atoms with Crippen LogP contribution >= 0.6 is 23.2 Å². The van der Waals surface area contributed by atoms with E-state index in [9.17, 15) is 8.42 Å². The molecule has 4 nitrogen and oxygen atoms in total. The lowest BCUT2D eigenvalue weighted by atomic mass is 9.94. The quantitative estimate of drug-likeness (QED) is 0.833. The number of hydrogen-bond acceptors (Lipinski definition) is 3. The van der Waals surface area contributed by atoms with Crippen molar-refractivity contribution in [3.63, 3.8) is 0 Å². The van der Waals surface area contributed by atoms with E-state index in [0.717, 1.165) is 19.3 Å². The monoisotopic (exact) mass is 332 g/mol. The Kier molecular flexibility index (Phi) is 4.95. The predicted octanol–water partition coefficient (Wildman–Crippen LogP) is 2.13. The van der Waals surface area contributed by atoms with E-state index in [4.69, 9.17) is 28.9 Å². The van der Waals surface area contributed by atoms with Crippen molar-refractivity contribution in [2.45, 2.75) is 30.2 Å². The van der Waals surface area contributed by atoms with Crippen LogP contribution in [0.5, 0.6) is 0 Å². The molecule has 1 fully saturated rings. The normalized spacial score (nSPS) is 15.3. The molecule has 0 bridgehead atoms. The van der Waals surface area contributed by atoms with Crippen LogP contribution in [0.3, 0.4) is 0 Å². The number of sulfonamides is 1. The Balaban J connectivity index is 2.36. The van der Waals surface area contributed by atoms with E-state index >= 15 is 0 Å². The van der Waals surface area contributed by atoms with Gasteiger partial charge in [0.25, 0.3) is 0 Å². The number of benzene rings is 1. The van der Waals surface area contributed by atoms with Gasteiger partial charge in [-0.3, -0.25) is 0 Å². The molecule has 1 saturated carbocycles. The van der Waals surface area contributed by atoms with E-state index in [2.05, 4.69) is 16.6 Å². The molecule has 0 aromatic heterocycles. The van der Waals surface area contributed by atoms with Crippen molar-refractivity contribution in [2.75, 3.05) is 6.54 Å². The van der Waals surface area contributed by atoms with Gasteiger partial charge in [0, 0.05) is 11.6 Å². The summed E-state index contributed by atoms with van der Waals surface area (Å²) in [5.74, 6) is 5.43. The van der Waals surface area contributed by atoms with Gasteiger partial charge in [-0.1, -0.05) is 41.5 Å². The highest BCUT2D eigenvalue weighted by molar-refractivity contribution is 7.89. The average Bonchev–Trinajstić information content (AvgIpc) is 2.30. The molecule has 20 heavy (non-hydrogen) atoms. The summed E-state index contributed by atoms with van der Waals surface area (Å²) in [6.45, 7) is 0.207. The third-order valence-corrected chi connectivity index (χ3v) is 5.47. The molecule has 1 aromatic rings. The predicted molar refractivity (Wildman–Crippen MR) is 80.4 cm³/mol. The van der Waals surface area contributed by atoms with Gasteiger partial charge in [-0.2, -0.15) is 0 Å². The van der Waals surface area contributed by atoms with Gasteiger partial charge >= 0.3 is 0 Å². The van der Waals surface area contributed by atoms with Crippen LogP contribution in [-0.4, -0.2) is 21.0 Å². The molecular formula is C13H14Cl2N2O2S. The van der Waals surface area contributed by atoms with Crippen molar-refractivity contribution in [3.8, 4) is 11.8 Å². The van der Waals surface area contributed by atoms with Crippen LogP contribution in [0.4, 0.5) is 0 Å². The molecule has 3 N–H and O–H groups in total. The number of halogens is 2. The molecule has 1 aliphatic carbocycles. The van der Waals surface area contributed by atoms with Crippen molar-refractivity contribution in [2.24, 2.45) is 5.73 Å². The van der Waals surface area contributed by atoms with Gasteiger partial charge in [0.05, 0.1) is 16.6 Å². The minimum Gasteiger partial charge on any atom is -0.320 e. The Hall–Kier alpha value is -0.770. The summed E-state index contributed by atoms with van der Waals surface area (Å²) in [7, 11) is -3.71. The van der Waals surface area contributed by atoms with E-state index in [-0.39, 0.29) is 27.5 Å². The highest BCUT2D eigenvalue weighted by atomic mass is 35.5. The van der Waals surface area contributed by atoms with E-state index in [0.29, 0.717) is 5.56 Å². The molecule has 0 unspecified atom stereocenters.